The molecule has 22 heavy (non-hydrogen) atoms. The molecule has 0 atom stereocenters. The Labute approximate surface area is 151 Å². The third-order valence-electron chi connectivity index (χ3n) is 4.44. The molecule has 2 aliphatic heterocycles. The lowest BCUT2D eigenvalue weighted by molar-refractivity contribution is -0.130. The first-order valence-corrected chi connectivity index (χ1v) is 8.19. The van der Waals surface area contributed by atoms with Gasteiger partial charge < -0.3 is 15.5 Å². The molecule has 6 nitrogen and oxygen atoms in total. The van der Waals surface area contributed by atoms with Gasteiger partial charge in [-0.25, -0.2) is 0 Å². The number of nitrogens with two attached hydrogens (primary N) is 1. The van der Waals surface area contributed by atoms with Gasteiger partial charge in [-0.05, 0) is 12.8 Å². The highest BCUT2D eigenvalue weighted by atomic mass is 127. The van der Waals surface area contributed by atoms with Crippen LogP contribution in [0, 0.1) is 0 Å². The maximum absolute atomic E-state index is 11.3. The molecule has 2 rings (SSSR count). The highest BCUT2D eigenvalue weighted by molar-refractivity contribution is 14.0. The molecule has 0 saturated carbocycles. The van der Waals surface area contributed by atoms with Crippen LogP contribution >= 0.6 is 24.0 Å². The zero-order valence-electron chi connectivity index (χ0n) is 13.7. The number of rotatable bonds is 3. The van der Waals surface area contributed by atoms with Crippen molar-refractivity contribution in [1.82, 2.24) is 14.7 Å². The average molecular weight is 423 g/mol. The summed E-state index contributed by atoms with van der Waals surface area (Å²) in [6, 6.07) is 0. The number of halogens is 1. The van der Waals surface area contributed by atoms with E-state index in [4.69, 9.17) is 5.73 Å². The van der Waals surface area contributed by atoms with Gasteiger partial charge in [-0.3, -0.25) is 14.7 Å². The van der Waals surface area contributed by atoms with Crippen LogP contribution in [0.25, 0.3) is 0 Å². The molecule has 0 radical (unpaired) electrons. The van der Waals surface area contributed by atoms with Gasteiger partial charge in [-0.1, -0.05) is 12.8 Å². The second-order valence-corrected chi connectivity index (χ2v) is 5.99. The molecule has 2 fully saturated rings. The van der Waals surface area contributed by atoms with E-state index in [0.717, 1.165) is 52.4 Å². The number of amides is 1. The summed E-state index contributed by atoms with van der Waals surface area (Å²) < 4.78 is 0. The second kappa shape index (κ2) is 10.3. The van der Waals surface area contributed by atoms with Gasteiger partial charge in [-0.15, -0.1) is 24.0 Å². The zero-order chi connectivity index (χ0) is 15.1. The molecule has 7 heteroatoms. The molecule has 0 aromatic carbocycles. The first-order valence-electron chi connectivity index (χ1n) is 8.19. The van der Waals surface area contributed by atoms with E-state index in [9.17, 15) is 4.79 Å². The fraction of sp³-hybridized carbons (Fsp3) is 0.867. The molecule has 1 amide bonds. The average Bonchev–Trinajstić information content (AvgIpc) is 2.77. The van der Waals surface area contributed by atoms with E-state index in [1.807, 2.05) is 4.90 Å². The molecule has 2 N–H and O–H groups in total. The minimum Gasteiger partial charge on any atom is -0.370 e. The van der Waals surface area contributed by atoms with E-state index in [2.05, 4.69) is 14.8 Å². The normalized spacial score (nSPS) is 21.2. The van der Waals surface area contributed by atoms with Crippen molar-refractivity contribution in [3.05, 3.63) is 0 Å². The van der Waals surface area contributed by atoms with Crippen LogP contribution in [0.15, 0.2) is 4.99 Å². The van der Waals surface area contributed by atoms with Crippen LogP contribution in [0.5, 0.6) is 0 Å². The Morgan fingerprint density at radius 1 is 0.955 bits per heavy atom. The van der Waals surface area contributed by atoms with Gasteiger partial charge in [0.05, 0.1) is 6.54 Å². The molecule has 0 aromatic rings. The van der Waals surface area contributed by atoms with Gasteiger partial charge in [-0.2, -0.15) is 0 Å². The van der Waals surface area contributed by atoms with Gasteiger partial charge >= 0.3 is 0 Å². The van der Waals surface area contributed by atoms with Gasteiger partial charge in [0.15, 0.2) is 5.96 Å². The van der Waals surface area contributed by atoms with Crippen molar-refractivity contribution in [2.75, 3.05) is 52.4 Å². The maximum atomic E-state index is 11.3. The topological polar surface area (TPSA) is 65.2 Å². The van der Waals surface area contributed by atoms with Gasteiger partial charge in [0, 0.05) is 52.7 Å². The van der Waals surface area contributed by atoms with E-state index in [1.54, 1.807) is 6.92 Å². The lowest BCUT2D eigenvalue weighted by Crippen LogP contribution is -2.48. The Hall–Kier alpha value is -0.570. The van der Waals surface area contributed by atoms with Gasteiger partial charge in [0.2, 0.25) is 5.91 Å². The summed E-state index contributed by atoms with van der Waals surface area (Å²) in [5.74, 6) is 0.886. The largest absolute Gasteiger partial charge is 0.370 e. The smallest absolute Gasteiger partial charge is 0.219 e. The fourth-order valence-electron chi connectivity index (χ4n) is 2.99. The molecule has 2 aliphatic rings. The summed E-state index contributed by atoms with van der Waals surface area (Å²) in [4.78, 5) is 22.3. The number of piperazine rings is 1. The predicted octanol–water partition coefficient (Wildman–Crippen LogP) is 0.959. The number of carbonyl (C=O) groups is 1. The third kappa shape index (κ3) is 6.28. The summed E-state index contributed by atoms with van der Waals surface area (Å²) in [5.41, 5.74) is 6.10. The van der Waals surface area contributed by atoms with E-state index >= 15 is 0 Å². The van der Waals surface area contributed by atoms with E-state index < -0.39 is 0 Å². The zero-order valence-corrected chi connectivity index (χ0v) is 16.0. The molecule has 0 unspecified atom stereocenters. The van der Waals surface area contributed by atoms with Crippen LogP contribution in [-0.2, 0) is 4.79 Å². The molecule has 2 heterocycles. The van der Waals surface area contributed by atoms with Crippen LogP contribution in [0.2, 0.25) is 0 Å². The number of hydrogen-bond acceptors (Lipinski definition) is 3. The Morgan fingerprint density at radius 3 is 2.09 bits per heavy atom. The van der Waals surface area contributed by atoms with Gasteiger partial charge in [0.1, 0.15) is 0 Å². The molecule has 0 spiro atoms. The molecule has 0 aliphatic carbocycles. The Bertz CT molecular complexity index is 361. The molecular weight excluding hydrogens is 393 g/mol. The highest BCUT2D eigenvalue weighted by Gasteiger charge is 2.18. The standard InChI is InChI=1S/C15H29N5O.HI/c1-14(21)19-12-10-18(11-13-19)9-6-17-15(16)20-7-4-2-3-5-8-20;/h2-13H2,1H3,(H2,16,17);1H. The van der Waals surface area contributed by atoms with Crippen LogP contribution in [-0.4, -0.2) is 78.9 Å². The van der Waals surface area contributed by atoms with Crippen LogP contribution in [0.1, 0.15) is 32.6 Å². The van der Waals surface area contributed by atoms with Crippen molar-refractivity contribution in [1.29, 1.82) is 0 Å². The fourth-order valence-corrected chi connectivity index (χ4v) is 2.99. The maximum Gasteiger partial charge on any atom is 0.219 e. The molecule has 0 bridgehead atoms. The number of hydrogen-bond donors (Lipinski definition) is 1. The summed E-state index contributed by atoms with van der Waals surface area (Å²) in [6.45, 7) is 8.97. The number of likely N-dealkylation sites (tertiary alicyclic amines) is 1. The summed E-state index contributed by atoms with van der Waals surface area (Å²) >= 11 is 0. The van der Waals surface area contributed by atoms with Crippen LogP contribution in [0.4, 0.5) is 0 Å². The lowest BCUT2D eigenvalue weighted by Gasteiger charge is -2.33. The van der Waals surface area contributed by atoms with Crippen LogP contribution in [0.3, 0.4) is 0 Å². The molecule has 128 valence electrons. The monoisotopic (exact) mass is 423 g/mol. The quantitative estimate of drug-likeness (QED) is 0.417. The van der Waals surface area contributed by atoms with Crippen molar-refractivity contribution >= 4 is 35.8 Å². The highest BCUT2D eigenvalue weighted by Crippen LogP contribution is 2.09. The van der Waals surface area contributed by atoms with Crippen molar-refractivity contribution in [3.8, 4) is 0 Å². The third-order valence-corrected chi connectivity index (χ3v) is 4.44. The second-order valence-electron chi connectivity index (χ2n) is 5.99. The Morgan fingerprint density at radius 2 is 1.55 bits per heavy atom. The predicted molar refractivity (Wildman–Crippen MR) is 101 cm³/mol. The van der Waals surface area contributed by atoms with Crippen molar-refractivity contribution in [3.63, 3.8) is 0 Å². The summed E-state index contributed by atoms with van der Waals surface area (Å²) in [7, 11) is 0. The van der Waals surface area contributed by atoms with E-state index in [1.165, 1.54) is 25.7 Å². The van der Waals surface area contributed by atoms with Crippen molar-refractivity contribution in [2.24, 2.45) is 10.7 Å². The molecular formula is C15H30IN5O. The van der Waals surface area contributed by atoms with Crippen molar-refractivity contribution < 1.29 is 4.79 Å². The van der Waals surface area contributed by atoms with Gasteiger partial charge in [0.25, 0.3) is 0 Å². The van der Waals surface area contributed by atoms with E-state index in [0.29, 0.717) is 5.96 Å². The number of guanidine groups is 1. The number of nitrogens with zero attached hydrogens (tertiary/aromatic N) is 4. The molecule has 0 aromatic heterocycles. The SMILES string of the molecule is CC(=O)N1CCN(CCN=C(N)N2CCCCCC2)CC1.I. The minimum absolute atomic E-state index is 0. The molecule has 2 saturated heterocycles. The summed E-state index contributed by atoms with van der Waals surface area (Å²) in [6.07, 6.45) is 5.07. The first kappa shape index (κ1) is 19.5. The summed E-state index contributed by atoms with van der Waals surface area (Å²) in [5, 5.41) is 0. The number of aliphatic imine (C=N–C) groups is 1. The van der Waals surface area contributed by atoms with E-state index in [-0.39, 0.29) is 29.9 Å². The first-order chi connectivity index (χ1) is 10.2. The lowest BCUT2D eigenvalue weighted by atomic mass is 10.2. The Balaban J connectivity index is 0.00000242. The minimum atomic E-state index is 0. The van der Waals surface area contributed by atoms with Crippen molar-refractivity contribution in [2.45, 2.75) is 32.6 Å². The van der Waals surface area contributed by atoms with Crippen LogP contribution < -0.4 is 5.73 Å². The number of carbonyl (C=O) groups excluding carboxylic acids is 1. The Kier molecular flexibility index (Phi) is 9.08.